The summed E-state index contributed by atoms with van der Waals surface area (Å²) < 4.78 is 15.5. The summed E-state index contributed by atoms with van der Waals surface area (Å²) in [6.07, 6.45) is 0.823. The van der Waals surface area contributed by atoms with E-state index in [1.165, 1.54) is 21.5 Å². The molecular weight excluding hydrogens is 699 g/mol. The molecule has 272 valence electrons. The molecule has 5 heteroatoms. The molecule has 0 fully saturated rings. The van der Waals surface area contributed by atoms with Crippen LogP contribution in [0.1, 0.15) is 43.0 Å². The summed E-state index contributed by atoms with van der Waals surface area (Å²) in [5.41, 5.74) is 10.5. The lowest BCUT2D eigenvalue weighted by molar-refractivity contribution is 0.666. The van der Waals surface area contributed by atoms with Gasteiger partial charge in [0.2, 0.25) is 0 Å². The van der Waals surface area contributed by atoms with Crippen molar-refractivity contribution in [2.24, 2.45) is 9.98 Å². The molecule has 1 atom stereocenters. The van der Waals surface area contributed by atoms with E-state index in [0.717, 1.165) is 89.4 Å². The first-order chi connectivity index (χ1) is 28.1. The maximum absolute atomic E-state index is 6.78. The smallest absolute Gasteiger partial charge is 0.159 e. The molecule has 0 amide bonds. The fraction of sp³-hybridized carbons (Fsp3) is 0.0769. The molecule has 0 saturated heterocycles. The minimum absolute atomic E-state index is 0.0885. The Hall–Kier alpha value is -7.24. The van der Waals surface area contributed by atoms with Crippen LogP contribution in [-0.4, -0.2) is 16.1 Å². The number of fused-ring (bicyclic) bond motifs is 10. The number of aliphatic imine (C=N–C) groups is 2. The van der Waals surface area contributed by atoms with Gasteiger partial charge in [0.25, 0.3) is 0 Å². The minimum Gasteiger partial charge on any atom is -0.456 e. The van der Waals surface area contributed by atoms with Crippen molar-refractivity contribution >= 4 is 88.0 Å². The van der Waals surface area contributed by atoms with Crippen molar-refractivity contribution in [3.63, 3.8) is 0 Å². The van der Waals surface area contributed by atoms with Crippen LogP contribution in [0.4, 0.5) is 0 Å². The molecule has 0 aliphatic carbocycles. The number of furan rings is 2. The Morgan fingerprint density at radius 3 is 2.04 bits per heavy atom. The zero-order valence-corrected chi connectivity index (χ0v) is 31.6. The molecule has 0 spiro atoms. The second-order valence-corrected chi connectivity index (χ2v) is 14.8. The number of benzene rings is 8. The highest BCUT2D eigenvalue weighted by Crippen LogP contribution is 2.40. The molecule has 0 radical (unpaired) electrons. The third-order valence-corrected chi connectivity index (χ3v) is 11.4. The Labute approximate surface area is 328 Å². The molecule has 5 nitrogen and oxygen atoms in total. The number of hydrogen-bond donors (Lipinski definition) is 0. The summed E-state index contributed by atoms with van der Waals surface area (Å²) in [4.78, 5) is 11.0. The summed E-state index contributed by atoms with van der Waals surface area (Å²) in [6.45, 7) is 4.28. The van der Waals surface area contributed by atoms with Crippen molar-refractivity contribution in [3.05, 3.63) is 187 Å². The fourth-order valence-corrected chi connectivity index (χ4v) is 8.67. The summed E-state index contributed by atoms with van der Waals surface area (Å²) >= 11 is 0. The zero-order chi connectivity index (χ0) is 38.0. The quantitative estimate of drug-likeness (QED) is 0.126. The monoisotopic (exact) mass is 735 g/mol. The minimum atomic E-state index is -0.0885. The standard InChI is InChI=1S/C52H37N3O2/c1-3-43(33-16-5-4-6-17-33)54-52(40-23-15-27-49-50(40)39-22-11-14-26-48(39)56-49)53-32(2)36-29-42-38-21-10-13-25-47(38)57-51(42)46(31-36)55-44-24-12-9-20-37(44)41-28-34-18-7-8-19-35(34)30-45(41)55/h4-31,43H,3H2,1-2H3/b53-32+,54-52-. The molecule has 0 saturated carbocycles. The molecule has 0 aliphatic rings. The first-order valence-electron chi connectivity index (χ1n) is 19.6. The number of nitrogens with zero attached hydrogens (tertiary/aromatic N) is 3. The van der Waals surface area contributed by atoms with E-state index < -0.39 is 0 Å². The van der Waals surface area contributed by atoms with Crippen molar-refractivity contribution in [3.8, 4) is 5.69 Å². The van der Waals surface area contributed by atoms with Crippen LogP contribution in [0.25, 0.3) is 82.1 Å². The summed E-state index contributed by atoms with van der Waals surface area (Å²) in [5, 5.41) is 8.96. The lowest BCUT2D eigenvalue weighted by atomic mass is 10.0. The van der Waals surface area contributed by atoms with Gasteiger partial charge in [0.15, 0.2) is 11.4 Å². The van der Waals surface area contributed by atoms with Gasteiger partial charge in [-0.2, -0.15) is 0 Å². The average molecular weight is 736 g/mol. The van der Waals surface area contributed by atoms with Gasteiger partial charge in [-0.25, -0.2) is 4.99 Å². The molecule has 1 unspecified atom stereocenters. The summed E-state index contributed by atoms with van der Waals surface area (Å²) in [5.74, 6) is 0.669. The van der Waals surface area contributed by atoms with Crippen molar-refractivity contribution in [2.75, 3.05) is 0 Å². The number of para-hydroxylation sites is 3. The number of rotatable bonds is 6. The van der Waals surface area contributed by atoms with E-state index in [-0.39, 0.29) is 6.04 Å². The Kier molecular flexibility index (Phi) is 7.68. The van der Waals surface area contributed by atoms with Gasteiger partial charge in [-0.1, -0.05) is 128 Å². The van der Waals surface area contributed by atoms with Crippen LogP contribution in [0.3, 0.4) is 0 Å². The zero-order valence-electron chi connectivity index (χ0n) is 31.6. The van der Waals surface area contributed by atoms with Crippen LogP contribution < -0.4 is 0 Å². The summed E-state index contributed by atoms with van der Waals surface area (Å²) in [6, 6.07) is 59.4. The highest BCUT2D eigenvalue weighted by Gasteiger charge is 2.22. The SMILES string of the molecule is CCC(/N=C(\N=C(/C)c1cc(-n2c3ccccc3c3cc4ccccc4cc32)c2oc3ccccc3c2c1)c1cccc2oc3ccccc3c12)c1ccccc1. The third-order valence-electron chi connectivity index (χ3n) is 11.4. The van der Waals surface area contributed by atoms with Crippen molar-refractivity contribution in [2.45, 2.75) is 26.3 Å². The Morgan fingerprint density at radius 1 is 0.561 bits per heavy atom. The van der Waals surface area contributed by atoms with Crippen LogP contribution in [0.15, 0.2) is 189 Å². The van der Waals surface area contributed by atoms with Crippen LogP contribution in [-0.2, 0) is 0 Å². The predicted octanol–water partition coefficient (Wildman–Crippen LogP) is 14.1. The molecule has 0 N–H and O–H groups in total. The van der Waals surface area contributed by atoms with Gasteiger partial charge in [0, 0.05) is 43.6 Å². The first kappa shape index (κ1) is 33.1. The first-order valence-corrected chi connectivity index (χ1v) is 19.6. The Balaban J connectivity index is 1.19. The predicted molar refractivity (Wildman–Crippen MR) is 238 cm³/mol. The number of amidine groups is 1. The van der Waals surface area contributed by atoms with E-state index in [4.69, 9.17) is 18.8 Å². The summed E-state index contributed by atoms with van der Waals surface area (Å²) in [7, 11) is 0. The normalized spacial score (nSPS) is 13.3. The van der Waals surface area contributed by atoms with Gasteiger partial charge < -0.3 is 13.4 Å². The highest BCUT2D eigenvalue weighted by molar-refractivity contribution is 6.22. The Bertz CT molecular complexity index is 3420. The topological polar surface area (TPSA) is 55.9 Å². The second-order valence-electron chi connectivity index (χ2n) is 14.8. The molecule has 0 bridgehead atoms. The van der Waals surface area contributed by atoms with Crippen LogP contribution in [0.2, 0.25) is 0 Å². The maximum Gasteiger partial charge on any atom is 0.159 e. The Morgan fingerprint density at radius 2 is 1.23 bits per heavy atom. The van der Waals surface area contributed by atoms with Crippen LogP contribution in [0, 0.1) is 0 Å². The van der Waals surface area contributed by atoms with Gasteiger partial charge >= 0.3 is 0 Å². The molecule has 3 aromatic heterocycles. The molecule has 8 aromatic carbocycles. The van der Waals surface area contributed by atoms with E-state index in [1.807, 2.05) is 36.4 Å². The molecule has 11 rings (SSSR count). The van der Waals surface area contributed by atoms with Gasteiger partial charge in [-0.3, -0.25) is 4.99 Å². The average Bonchev–Trinajstić information content (AvgIpc) is 3.94. The van der Waals surface area contributed by atoms with E-state index in [2.05, 4.69) is 152 Å². The molecule has 57 heavy (non-hydrogen) atoms. The highest BCUT2D eigenvalue weighted by atomic mass is 16.3. The van der Waals surface area contributed by atoms with Crippen molar-refractivity contribution in [1.82, 2.24) is 4.57 Å². The molecule has 3 heterocycles. The van der Waals surface area contributed by atoms with E-state index in [9.17, 15) is 0 Å². The van der Waals surface area contributed by atoms with E-state index in [1.54, 1.807) is 0 Å². The number of hydrogen-bond acceptors (Lipinski definition) is 3. The fourth-order valence-electron chi connectivity index (χ4n) is 8.67. The second kappa shape index (κ2) is 13.2. The van der Waals surface area contributed by atoms with Gasteiger partial charge in [0.05, 0.1) is 22.8 Å². The third kappa shape index (κ3) is 5.38. The van der Waals surface area contributed by atoms with Crippen LogP contribution >= 0.6 is 0 Å². The lowest BCUT2D eigenvalue weighted by Crippen LogP contribution is -2.08. The molecule has 11 aromatic rings. The van der Waals surface area contributed by atoms with Crippen LogP contribution in [0.5, 0.6) is 0 Å². The van der Waals surface area contributed by atoms with E-state index in [0.29, 0.717) is 5.84 Å². The maximum atomic E-state index is 6.78. The van der Waals surface area contributed by atoms with Crippen molar-refractivity contribution in [1.29, 1.82) is 0 Å². The van der Waals surface area contributed by atoms with Gasteiger partial charge in [0.1, 0.15) is 16.7 Å². The molecule has 0 aliphatic heterocycles. The largest absolute Gasteiger partial charge is 0.456 e. The number of aromatic nitrogens is 1. The molecular formula is C52H37N3O2. The van der Waals surface area contributed by atoms with Gasteiger partial charge in [-0.05, 0) is 83.8 Å². The lowest BCUT2D eigenvalue weighted by Gasteiger charge is -2.15. The van der Waals surface area contributed by atoms with Gasteiger partial charge in [-0.15, -0.1) is 0 Å². The van der Waals surface area contributed by atoms with E-state index >= 15 is 0 Å². The van der Waals surface area contributed by atoms with Crippen molar-refractivity contribution < 1.29 is 8.83 Å².